The average Bonchev–Trinajstić information content (AvgIpc) is 2.22. The Kier molecular flexibility index (Phi) is 7.10. The highest BCUT2D eigenvalue weighted by atomic mass is 35.5. The summed E-state index contributed by atoms with van der Waals surface area (Å²) in [5, 5.41) is 0. The highest BCUT2D eigenvalue weighted by Gasteiger charge is 2.34. The number of carbonyl (C=O) groups is 1. The van der Waals surface area contributed by atoms with Crippen molar-refractivity contribution in [1.82, 2.24) is 4.90 Å². The molecule has 0 aromatic carbocycles. The molecule has 0 aromatic rings. The number of likely N-dealkylation sites (tertiary alicyclic amines) is 1. The van der Waals surface area contributed by atoms with Crippen molar-refractivity contribution in [2.24, 2.45) is 11.1 Å². The van der Waals surface area contributed by atoms with E-state index >= 15 is 0 Å². The number of hydrogen-bond acceptors (Lipinski definition) is 2. The van der Waals surface area contributed by atoms with E-state index in [1.165, 1.54) is 6.42 Å². The number of nitrogens with zero attached hydrogens (tertiary/aromatic N) is 1. The maximum atomic E-state index is 12.0. The van der Waals surface area contributed by atoms with Crippen LogP contribution in [0, 0.1) is 5.41 Å². The summed E-state index contributed by atoms with van der Waals surface area (Å²) < 4.78 is 0. The monoisotopic (exact) mass is 262 g/mol. The summed E-state index contributed by atoms with van der Waals surface area (Å²) in [6.45, 7) is 8.13. The van der Waals surface area contributed by atoms with Crippen LogP contribution in [0.25, 0.3) is 0 Å². The molecule has 4 heteroatoms. The zero-order chi connectivity index (χ0) is 12.2. The number of rotatable bonds is 4. The Morgan fingerprint density at radius 3 is 2.59 bits per heavy atom. The molecule has 102 valence electrons. The van der Waals surface area contributed by atoms with Gasteiger partial charge in [0, 0.05) is 25.6 Å². The van der Waals surface area contributed by atoms with Gasteiger partial charge in [0.2, 0.25) is 5.91 Å². The summed E-state index contributed by atoms with van der Waals surface area (Å²) in [5.41, 5.74) is 6.13. The summed E-state index contributed by atoms with van der Waals surface area (Å²) in [6.07, 6.45) is 5.00. The van der Waals surface area contributed by atoms with Crippen molar-refractivity contribution in [2.75, 3.05) is 13.1 Å². The van der Waals surface area contributed by atoms with Gasteiger partial charge in [-0.2, -0.15) is 0 Å². The number of piperidine rings is 1. The van der Waals surface area contributed by atoms with E-state index in [9.17, 15) is 4.79 Å². The molecular weight excluding hydrogens is 236 g/mol. The molecule has 1 rings (SSSR count). The van der Waals surface area contributed by atoms with E-state index in [2.05, 4.69) is 20.8 Å². The minimum Gasteiger partial charge on any atom is -0.342 e. The molecule has 1 unspecified atom stereocenters. The Morgan fingerprint density at radius 1 is 1.41 bits per heavy atom. The molecule has 2 N–H and O–H groups in total. The number of carbonyl (C=O) groups excluding carboxylic acids is 1. The summed E-state index contributed by atoms with van der Waals surface area (Å²) in [4.78, 5) is 14.0. The molecule has 1 aliphatic rings. The first-order valence-corrected chi connectivity index (χ1v) is 6.50. The van der Waals surface area contributed by atoms with Gasteiger partial charge in [-0.05, 0) is 18.3 Å². The molecule has 0 saturated carbocycles. The molecule has 1 amide bonds. The minimum atomic E-state index is 0. The van der Waals surface area contributed by atoms with E-state index in [1.807, 2.05) is 4.90 Å². The molecule has 1 heterocycles. The molecule has 1 fully saturated rings. The first kappa shape index (κ1) is 16.7. The van der Waals surface area contributed by atoms with Crippen molar-refractivity contribution >= 4 is 18.3 Å². The van der Waals surface area contributed by atoms with Gasteiger partial charge in [-0.3, -0.25) is 4.79 Å². The van der Waals surface area contributed by atoms with Crippen molar-refractivity contribution in [1.29, 1.82) is 0 Å². The van der Waals surface area contributed by atoms with Gasteiger partial charge in [0.25, 0.3) is 0 Å². The standard InChI is InChI=1S/C13H26N2O.ClH/c1-4-5-6-7-12(16)15-9-8-11(14)13(2,3)10-15;/h11H,4-10,14H2,1-3H3;1H. The summed E-state index contributed by atoms with van der Waals surface area (Å²) in [6, 6.07) is 0.229. The van der Waals surface area contributed by atoms with Crippen molar-refractivity contribution < 1.29 is 4.79 Å². The Balaban J connectivity index is 0.00000256. The Bertz CT molecular complexity index is 244. The number of halogens is 1. The Hall–Kier alpha value is -0.280. The molecule has 0 radical (unpaired) electrons. The molecule has 0 bridgehead atoms. The van der Waals surface area contributed by atoms with Crippen molar-refractivity contribution in [3.63, 3.8) is 0 Å². The third-order valence-electron chi connectivity index (χ3n) is 3.66. The van der Waals surface area contributed by atoms with Crippen LogP contribution >= 0.6 is 12.4 Å². The lowest BCUT2D eigenvalue weighted by atomic mass is 9.79. The molecule has 1 saturated heterocycles. The lowest BCUT2D eigenvalue weighted by Crippen LogP contribution is -2.53. The normalized spacial score (nSPS) is 23.1. The summed E-state index contributed by atoms with van der Waals surface area (Å²) >= 11 is 0. The van der Waals surface area contributed by atoms with Gasteiger partial charge in [-0.1, -0.05) is 33.6 Å². The fourth-order valence-corrected chi connectivity index (χ4v) is 2.27. The molecule has 3 nitrogen and oxygen atoms in total. The molecule has 1 atom stereocenters. The zero-order valence-corrected chi connectivity index (χ0v) is 12.2. The van der Waals surface area contributed by atoms with Crippen LogP contribution in [0.1, 0.15) is 52.9 Å². The van der Waals surface area contributed by atoms with Gasteiger partial charge < -0.3 is 10.6 Å². The van der Waals surface area contributed by atoms with E-state index in [1.54, 1.807) is 0 Å². The zero-order valence-electron chi connectivity index (χ0n) is 11.4. The van der Waals surface area contributed by atoms with Gasteiger partial charge in [-0.15, -0.1) is 12.4 Å². The lowest BCUT2D eigenvalue weighted by molar-refractivity contribution is -0.134. The molecule has 1 aliphatic heterocycles. The second-order valence-electron chi connectivity index (χ2n) is 5.66. The second-order valence-corrected chi connectivity index (χ2v) is 5.66. The third-order valence-corrected chi connectivity index (χ3v) is 3.66. The average molecular weight is 263 g/mol. The Labute approximate surface area is 112 Å². The SMILES string of the molecule is CCCCCC(=O)N1CCC(N)C(C)(C)C1.Cl. The quantitative estimate of drug-likeness (QED) is 0.792. The van der Waals surface area contributed by atoms with Crippen LogP contribution in [0.4, 0.5) is 0 Å². The van der Waals surface area contributed by atoms with Gasteiger partial charge in [-0.25, -0.2) is 0 Å². The predicted octanol–water partition coefficient (Wildman–Crippen LogP) is 2.57. The van der Waals surface area contributed by atoms with Gasteiger partial charge >= 0.3 is 0 Å². The van der Waals surface area contributed by atoms with Crippen molar-refractivity contribution in [3.05, 3.63) is 0 Å². The van der Waals surface area contributed by atoms with Crippen LogP contribution in [-0.2, 0) is 4.79 Å². The molecule has 0 aliphatic carbocycles. The molecular formula is C13H27ClN2O. The van der Waals surface area contributed by atoms with Crippen LogP contribution < -0.4 is 5.73 Å². The minimum absolute atomic E-state index is 0. The molecule has 0 spiro atoms. The van der Waals surface area contributed by atoms with Gasteiger partial charge in [0.05, 0.1) is 0 Å². The number of unbranched alkanes of at least 4 members (excludes halogenated alkanes) is 2. The van der Waals surface area contributed by atoms with E-state index in [-0.39, 0.29) is 23.9 Å². The fourth-order valence-electron chi connectivity index (χ4n) is 2.27. The van der Waals surface area contributed by atoms with E-state index in [4.69, 9.17) is 5.73 Å². The smallest absolute Gasteiger partial charge is 0.222 e. The van der Waals surface area contributed by atoms with E-state index in [0.717, 1.165) is 32.4 Å². The largest absolute Gasteiger partial charge is 0.342 e. The lowest BCUT2D eigenvalue weighted by Gasteiger charge is -2.42. The van der Waals surface area contributed by atoms with Crippen molar-refractivity contribution in [2.45, 2.75) is 58.9 Å². The highest BCUT2D eigenvalue weighted by Crippen LogP contribution is 2.28. The van der Waals surface area contributed by atoms with Crippen LogP contribution in [0.5, 0.6) is 0 Å². The fraction of sp³-hybridized carbons (Fsp3) is 0.923. The highest BCUT2D eigenvalue weighted by molar-refractivity contribution is 5.85. The van der Waals surface area contributed by atoms with Crippen molar-refractivity contribution in [3.8, 4) is 0 Å². The molecule has 0 aromatic heterocycles. The van der Waals surface area contributed by atoms with Gasteiger partial charge in [0.1, 0.15) is 0 Å². The van der Waals surface area contributed by atoms with E-state index < -0.39 is 0 Å². The first-order valence-electron chi connectivity index (χ1n) is 6.50. The number of hydrogen-bond donors (Lipinski definition) is 1. The number of amides is 1. The molecule has 17 heavy (non-hydrogen) atoms. The summed E-state index contributed by atoms with van der Waals surface area (Å²) in [5.74, 6) is 0.313. The number of nitrogens with two attached hydrogens (primary N) is 1. The van der Waals surface area contributed by atoms with Crippen LogP contribution in [0.2, 0.25) is 0 Å². The van der Waals surface area contributed by atoms with Crippen LogP contribution in [0.3, 0.4) is 0 Å². The predicted molar refractivity (Wildman–Crippen MR) is 74.3 cm³/mol. The Morgan fingerprint density at radius 2 is 2.06 bits per heavy atom. The maximum absolute atomic E-state index is 12.0. The topological polar surface area (TPSA) is 46.3 Å². The third kappa shape index (κ3) is 4.84. The first-order chi connectivity index (χ1) is 7.47. The van der Waals surface area contributed by atoms with Crippen LogP contribution in [-0.4, -0.2) is 29.9 Å². The second kappa shape index (κ2) is 7.22. The van der Waals surface area contributed by atoms with E-state index in [0.29, 0.717) is 12.3 Å². The van der Waals surface area contributed by atoms with Gasteiger partial charge in [0.15, 0.2) is 0 Å². The van der Waals surface area contributed by atoms with Crippen LogP contribution in [0.15, 0.2) is 0 Å². The maximum Gasteiger partial charge on any atom is 0.222 e. The summed E-state index contributed by atoms with van der Waals surface area (Å²) in [7, 11) is 0.